The second-order valence-corrected chi connectivity index (χ2v) is 7.24. The summed E-state index contributed by atoms with van der Waals surface area (Å²) in [5.74, 6) is 0.780. The van der Waals surface area contributed by atoms with Crippen LogP contribution in [0, 0.1) is 6.92 Å². The predicted octanol–water partition coefficient (Wildman–Crippen LogP) is 3.54. The summed E-state index contributed by atoms with van der Waals surface area (Å²) >= 11 is 1.38. The van der Waals surface area contributed by atoms with Gasteiger partial charge in [0.25, 0.3) is 0 Å². The summed E-state index contributed by atoms with van der Waals surface area (Å²) in [7, 11) is 0. The van der Waals surface area contributed by atoms with Gasteiger partial charge in [0.05, 0.1) is 16.9 Å². The minimum Gasteiger partial charge on any atom is -0.397 e. The number of carbonyl (C=O) groups excluding carboxylic acids is 1. The molecule has 1 amide bonds. The van der Waals surface area contributed by atoms with Crippen LogP contribution in [-0.2, 0) is 12.8 Å². The van der Waals surface area contributed by atoms with Crippen LogP contribution in [0.5, 0.6) is 5.06 Å². The van der Waals surface area contributed by atoms with Crippen LogP contribution >= 0.6 is 11.3 Å². The Bertz CT molecular complexity index is 902. The first-order valence-electron chi connectivity index (χ1n) is 8.48. The summed E-state index contributed by atoms with van der Waals surface area (Å²) in [5.41, 5.74) is 2.58. The summed E-state index contributed by atoms with van der Waals surface area (Å²) in [6.45, 7) is 1.90. The molecule has 0 bridgehead atoms. The number of hydrogen-bond acceptors (Lipinski definition) is 7. The Labute approximate surface area is 154 Å². The van der Waals surface area contributed by atoms with E-state index in [4.69, 9.17) is 9.26 Å². The summed E-state index contributed by atoms with van der Waals surface area (Å²) in [5, 5.41) is 8.33. The normalized spacial score (nSPS) is 13.6. The number of pyridine rings is 1. The van der Waals surface area contributed by atoms with Crippen LogP contribution in [0.1, 0.15) is 29.2 Å². The van der Waals surface area contributed by atoms with Gasteiger partial charge in [0.2, 0.25) is 5.06 Å². The number of hydrogen-bond donors (Lipinski definition) is 1. The van der Waals surface area contributed by atoms with Gasteiger partial charge in [-0.1, -0.05) is 22.6 Å². The molecule has 0 spiro atoms. The Balaban J connectivity index is 1.40. The molecule has 0 unspecified atom stereocenters. The van der Waals surface area contributed by atoms with Crippen LogP contribution in [0.15, 0.2) is 35.1 Å². The van der Waals surface area contributed by atoms with Crippen molar-refractivity contribution in [2.45, 2.75) is 38.6 Å². The average molecular weight is 370 g/mol. The molecule has 0 atom stereocenters. The second kappa shape index (κ2) is 7.25. The third-order valence-corrected chi connectivity index (χ3v) is 5.04. The molecule has 1 aliphatic carbocycles. The zero-order valence-corrected chi connectivity index (χ0v) is 15.1. The highest BCUT2D eigenvalue weighted by Gasteiger charge is 2.24. The monoisotopic (exact) mass is 370 g/mol. The number of amides is 1. The van der Waals surface area contributed by atoms with Crippen molar-refractivity contribution in [1.82, 2.24) is 20.4 Å². The fourth-order valence-electron chi connectivity index (χ4n) is 2.59. The highest BCUT2D eigenvalue weighted by Crippen LogP contribution is 2.27. The molecule has 26 heavy (non-hydrogen) atoms. The Kier molecular flexibility index (Phi) is 4.66. The van der Waals surface area contributed by atoms with E-state index in [9.17, 15) is 4.79 Å². The second-order valence-electron chi connectivity index (χ2n) is 6.16. The summed E-state index contributed by atoms with van der Waals surface area (Å²) < 4.78 is 10.6. The third-order valence-electron chi connectivity index (χ3n) is 4.11. The molecule has 3 heterocycles. The molecule has 1 fully saturated rings. The van der Waals surface area contributed by atoms with Crippen LogP contribution in [-0.4, -0.2) is 27.3 Å². The van der Waals surface area contributed by atoms with E-state index < -0.39 is 6.09 Å². The minimum atomic E-state index is -0.407. The molecule has 3 aromatic heterocycles. The number of nitrogens with one attached hydrogen (secondary N) is 1. The number of aryl methyl sites for hydroxylation is 2. The topological polar surface area (TPSA) is 90.1 Å². The maximum absolute atomic E-state index is 11.7. The Hall–Kier alpha value is -2.74. The van der Waals surface area contributed by atoms with Gasteiger partial charge in [-0.15, -0.1) is 0 Å². The minimum absolute atomic E-state index is 0.275. The summed E-state index contributed by atoms with van der Waals surface area (Å²) in [4.78, 5) is 20.4. The zero-order chi connectivity index (χ0) is 17.9. The van der Waals surface area contributed by atoms with Crippen LogP contribution in [0.2, 0.25) is 0 Å². The van der Waals surface area contributed by atoms with Crippen molar-refractivity contribution in [1.29, 1.82) is 0 Å². The lowest BCUT2D eigenvalue weighted by atomic mass is 10.1. The van der Waals surface area contributed by atoms with Crippen molar-refractivity contribution in [2.75, 3.05) is 0 Å². The van der Waals surface area contributed by atoms with Gasteiger partial charge in [-0.3, -0.25) is 4.98 Å². The fraction of sp³-hybridized carbons (Fsp3) is 0.333. The molecule has 0 aliphatic heterocycles. The van der Waals surface area contributed by atoms with E-state index >= 15 is 0 Å². The highest BCUT2D eigenvalue weighted by molar-refractivity contribution is 7.13. The fourth-order valence-corrected chi connectivity index (χ4v) is 3.36. The van der Waals surface area contributed by atoms with Crippen LogP contribution in [0.3, 0.4) is 0 Å². The number of rotatable bonds is 6. The molecule has 1 aliphatic rings. The molecular weight excluding hydrogens is 352 g/mol. The quantitative estimate of drug-likeness (QED) is 0.714. The van der Waals surface area contributed by atoms with Gasteiger partial charge in [0, 0.05) is 24.2 Å². The highest BCUT2D eigenvalue weighted by atomic mass is 32.1. The lowest BCUT2D eigenvalue weighted by Gasteiger charge is -2.02. The van der Waals surface area contributed by atoms with Gasteiger partial charge < -0.3 is 14.6 Å². The first-order chi connectivity index (χ1) is 12.7. The SMILES string of the molecule is Cc1onc(-c2ccccn2)c1CCc1ncc(OC(=O)NC2CC2)s1. The van der Waals surface area contributed by atoms with Crippen molar-refractivity contribution in [3.63, 3.8) is 0 Å². The van der Waals surface area contributed by atoms with Crippen molar-refractivity contribution in [2.24, 2.45) is 0 Å². The predicted molar refractivity (Wildman–Crippen MR) is 96.2 cm³/mol. The largest absolute Gasteiger partial charge is 0.413 e. The maximum atomic E-state index is 11.7. The van der Waals surface area contributed by atoms with Gasteiger partial charge in [-0.05, 0) is 38.3 Å². The molecule has 0 aromatic carbocycles. The molecule has 134 valence electrons. The number of thiazole rings is 1. The third kappa shape index (κ3) is 3.91. The van der Waals surface area contributed by atoms with E-state index in [0.717, 1.165) is 47.0 Å². The number of aromatic nitrogens is 3. The molecule has 0 saturated heterocycles. The van der Waals surface area contributed by atoms with Crippen LogP contribution in [0.25, 0.3) is 11.4 Å². The molecular formula is C18H18N4O3S. The zero-order valence-electron chi connectivity index (χ0n) is 14.3. The molecule has 4 rings (SSSR count). The van der Waals surface area contributed by atoms with E-state index in [0.29, 0.717) is 11.5 Å². The van der Waals surface area contributed by atoms with Gasteiger partial charge >= 0.3 is 6.09 Å². The van der Waals surface area contributed by atoms with E-state index in [1.807, 2.05) is 25.1 Å². The number of carbonyl (C=O) groups is 1. The first-order valence-corrected chi connectivity index (χ1v) is 9.30. The maximum Gasteiger partial charge on any atom is 0.413 e. The summed E-state index contributed by atoms with van der Waals surface area (Å²) in [6.07, 6.45) is 6.41. The van der Waals surface area contributed by atoms with Gasteiger partial charge in [0.15, 0.2) is 0 Å². The van der Waals surface area contributed by atoms with E-state index in [1.165, 1.54) is 11.3 Å². The summed E-state index contributed by atoms with van der Waals surface area (Å²) in [6, 6.07) is 5.98. The van der Waals surface area contributed by atoms with E-state index in [1.54, 1.807) is 12.4 Å². The molecule has 8 heteroatoms. The van der Waals surface area contributed by atoms with Gasteiger partial charge in [-0.2, -0.15) is 0 Å². The molecule has 1 saturated carbocycles. The van der Waals surface area contributed by atoms with Crippen molar-refractivity contribution >= 4 is 17.4 Å². The number of nitrogens with zero attached hydrogens (tertiary/aromatic N) is 3. The van der Waals surface area contributed by atoms with Crippen molar-refractivity contribution < 1.29 is 14.1 Å². The van der Waals surface area contributed by atoms with Gasteiger partial charge in [-0.25, -0.2) is 9.78 Å². The van der Waals surface area contributed by atoms with E-state index in [-0.39, 0.29) is 6.04 Å². The standard InChI is InChI=1S/C18H18N4O3S/c1-11-13(17(22-25-11)14-4-2-3-9-19-14)7-8-15-20-10-16(26-15)24-18(23)21-12-5-6-12/h2-4,9-10,12H,5-8H2,1H3,(H,21,23). The first kappa shape index (κ1) is 16.7. The van der Waals surface area contributed by atoms with Crippen molar-refractivity contribution in [3.05, 3.63) is 46.9 Å². The molecule has 7 nitrogen and oxygen atoms in total. The van der Waals surface area contributed by atoms with E-state index in [2.05, 4.69) is 20.4 Å². The van der Waals surface area contributed by atoms with Crippen LogP contribution < -0.4 is 10.1 Å². The Morgan fingerprint density at radius 3 is 3.00 bits per heavy atom. The molecule has 1 N–H and O–H groups in total. The smallest absolute Gasteiger partial charge is 0.397 e. The Morgan fingerprint density at radius 1 is 1.35 bits per heavy atom. The lowest BCUT2D eigenvalue weighted by Crippen LogP contribution is -2.28. The van der Waals surface area contributed by atoms with Crippen LogP contribution in [0.4, 0.5) is 4.79 Å². The average Bonchev–Trinajstić information content (AvgIpc) is 3.21. The lowest BCUT2D eigenvalue weighted by molar-refractivity contribution is 0.201. The van der Waals surface area contributed by atoms with Gasteiger partial charge in [0.1, 0.15) is 11.5 Å². The molecule has 3 aromatic rings. The Morgan fingerprint density at radius 2 is 2.23 bits per heavy atom. The van der Waals surface area contributed by atoms with Crippen molar-refractivity contribution in [3.8, 4) is 16.5 Å². The number of ether oxygens (including phenoxy) is 1. The molecule has 0 radical (unpaired) electrons.